The number of rotatable bonds is 10. The van der Waals surface area contributed by atoms with E-state index in [-0.39, 0.29) is 23.5 Å². The number of carbonyl (C=O) groups excluding carboxylic acids is 1. The van der Waals surface area contributed by atoms with E-state index in [4.69, 9.17) is 18.9 Å². The first-order valence-corrected chi connectivity index (χ1v) is 14.7. The van der Waals surface area contributed by atoms with Crippen molar-refractivity contribution in [3.8, 4) is 5.75 Å². The average Bonchev–Trinajstić information content (AvgIpc) is 3.70. The Kier molecular flexibility index (Phi) is 7.80. The third kappa shape index (κ3) is 5.46. The maximum Gasteiger partial charge on any atom is 0.260 e. The van der Waals surface area contributed by atoms with Crippen LogP contribution in [0.25, 0.3) is 10.2 Å². The smallest absolute Gasteiger partial charge is 0.260 e. The molecule has 2 aromatic heterocycles. The number of hydrogen-bond acceptors (Lipinski definition) is 8. The van der Waals surface area contributed by atoms with Crippen molar-refractivity contribution in [3.63, 3.8) is 0 Å². The van der Waals surface area contributed by atoms with Crippen LogP contribution < -0.4 is 9.64 Å². The number of hydrogen-bond donors (Lipinski definition) is 0. The Hall–Kier alpha value is -3.25. The zero-order valence-electron chi connectivity index (χ0n) is 21.2. The molecular formula is C27H29N3O6S2. The van der Waals surface area contributed by atoms with Crippen LogP contribution in [-0.4, -0.2) is 56.5 Å². The molecule has 38 heavy (non-hydrogen) atoms. The molecule has 1 aliphatic heterocycles. The van der Waals surface area contributed by atoms with Gasteiger partial charge in [0.25, 0.3) is 5.91 Å². The highest BCUT2D eigenvalue weighted by molar-refractivity contribution is 7.89. The number of para-hydroxylation sites is 1. The summed E-state index contributed by atoms with van der Waals surface area (Å²) in [7, 11) is -2.17. The Morgan fingerprint density at radius 1 is 1.16 bits per heavy atom. The topological polar surface area (TPSA) is 102 Å². The lowest BCUT2D eigenvalue weighted by Gasteiger charge is -2.21. The number of amides is 1. The molecule has 0 spiro atoms. The van der Waals surface area contributed by atoms with Crippen molar-refractivity contribution >= 4 is 42.6 Å². The summed E-state index contributed by atoms with van der Waals surface area (Å²) in [6.45, 7) is 3.52. The van der Waals surface area contributed by atoms with E-state index in [2.05, 4.69) is 0 Å². The van der Waals surface area contributed by atoms with Crippen molar-refractivity contribution in [2.45, 2.75) is 37.3 Å². The number of ether oxygens (including phenoxy) is 2. The van der Waals surface area contributed by atoms with Gasteiger partial charge in [-0.3, -0.25) is 9.69 Å². The molecule has 1 atom stereocenters. The molecule has 0 bridgehead atoms. The van der Waals surface area contributed by atoms with Gasteiger partial charge in [0.15, 0.2) is 5.13 Å². The number of fused-ring (bicyclic) bond motifs is 1. The molecule has 1 saturated heterocycles. The van der Waals surface area contributed by atoms with Crippen molar-refractivity contribution in [3.05, 3.63) is 72.2 Å². The second kappa shape index (κ2) is 11.2. The fourth-order valence-electron chi connectivity index (χ4n) is 4.36. The van der Waals surface area contributed by atoms with Gasteiger partial charge in [-0.1, -0.05) is 17.4 Å². The van der Waals surface area contributed by atoms with E-state index >= 15 is 0 Å². The number of sulfonamides is 1. The van der Waals surface area contributed by atoms with E-state index in [1.807, 2.05) is 25.1 Å². The SMILES string of the molecule is CCOc1cccc2sc(N(Cc3ccco3)C(=O)c3ccc(S(=O)(=O)N(C)CC4CCCO4)cc3)nc12. The number of furan rings is 1. The molecule has 3 heterocycles. The van der Waals surface area contributed by atoms with Crippen molar-refractivity contribution in [1.29, 1.82) is 0 Å². The van der Waals surface area contributed by atoms with Gasteiger partial charge in [0, 0.05) is 25.8 Å². The Balaban J connectivity index is 1.42. The summed E-state index contributed by atoms with van der Waals surface area (Å²) in [5.41, 5.74) is 1.02. The summed E-state index contributed by atoms with van der Waals surface area (Å²) in [6.07, 6.45) is 3.24. The highest BCUT2D eigenvalue weighted by Crippen LogP contribution is 2.35. The molecule has 0 radical (unpaired) electrons. The number of nitrogens with zero attached hydrogens (tertiary/aromatic N) is 3. The monoisotopic (exact) mass is 555 g/mol. The van der Waals surface area contributed by atoms with Crippen LogP contribution in [0.1, 0.15) is 35.9 Å². The summed E-state index contributed by atoms with van der Waals surface area (Å²) in [4.78, 5) is 20.1. The van der Waals surface area contributed by atoms with E-state index in [1.165, 1.54) is 44.8 Å². The minimum absolute atomic E-state index is 0.0946. The Morgan fingerprint density at radius 2 is 1.97 bits per heavy atom. The molecule has 1 aliphatic rings. The number of benzene rings is 2. The Labute approximate surface area is 225 Å². The quantitative estimate of drug-likeness (QED) is 0.273. The van der Waals surface area contributed by atoms with Crippen LogP contribution in [0.3, 0.4) is 0 Å². The van der Waals surface area contributed by atoms with Crippen molar-refractivity contribution in [2.24, 2.45) is 0 Å². The molecule has 1 fully saturated rings. The summed E-state index contributed by atoms with van der Waals surface area (Å²) in [6, 6.07) is 15.2. The van der Waals surface area contributed by atoms with E-state index in [0.717, 1.165) is 17.5 Å². The summed E-state index contributed by atoms with van der Waals surface area (Å²) >= 11 is 1.37. The van der Waals surface area contributed by atoms with Crippen LogP contribution in [0.5, 0.6) is 5.75 Å². The highest BCUT2D eigenvalue weighted by atomic mass is 32.2. The maximum absolute atomic E-state index is 13.7. The Morgan fingerprint density at radius 3 is 2.66 bits per heavy atom. The van der Waals surface area contributed by atoms with Gasteiger partial charge in [0.05, 0.1) is 35.1 Å². The average molecular weight is 556 g/mol. The zero-order chi connectivity index (χ0) is 26.7. The molecule has 0 aliphatic carbocycles. The predicted molar refractivity (Wildman–Crippen MR) is 145 cm³/mol. The van der Waals surface area contributed by atoms with Gasteiger partial charge in [-0.25, -0.2) is 13.4 Å². The zero-order valence-corrected chi connectivity index (χ0v) is 22.8. The lowest BCUT2D eigenvalue weighted by Crippen LogP contribution is -2.34. The van der Waals surface area contributed by atoms with Gasteiger partial charge in [0.2, 0.25) is 10.0 Å². The second-order valence-electron chi connectivity index (χ2n) is 8.95. The van der Waals surface area contributed by atoms with E-state index in [0.29, 0.717) is 47.5 Å². The van der Waals surface area contributed by atoms with Crippen LogP contribution in [0.2, 0.25) is 0 Å². The minimum Gasteiger partial charge on any atom is -0.492 e. The third-order valence-electron chi connectivity index (χ3n) is 6.33. The molecule has 1 unspecified atom stereocenters. The molecule has 0 saturated carbocycles. The maximum atomic E-state index is 13.7. The standard InChI is InChI=1S/C27H29N3O6S2/c1-3-34-23-9-4-10-24-25(23)28-27(37-24)30(18-21-8-6-16-36-21)26(31)19-11-13-22(14-12-19)38(32,33)29(2)17-20-7-5-15-35-20/h4,6,8-14,16,20H,3,5,7,15,17-18H2,1-2H3. The largest absolute Gasteiger partial charge is 0.492 e. The van der Waals surface area contributed by atoms with Gasteiger partial charge >= 0.3 is 0 Å². The van der Waals surface area contributed by atoms with Crippen molar-refractivity contribution < 1.29 is 27.1 Å². The second-order valence-corrected chi connectivity index (χ2v) is 12.0. The molecule has 11 heteroatoms. The molecule has 2 aromatic carbocycles. The number of carbonyl (C=O) groups is 1. The first-order valence-electron chi connectivity index (χ1n) is 12.4. The fraction of sp³-hybridized carbons (Fsp3) is 0.333. The van der Waals surface area contributed by atoms with Crippen LogP contribution in [-0.2, 0) is 21.3 Å². The molecule has 0 N–H and O–H groups in total. The normalized spacial score (nSPS) is 15.8. The van der Waals surface area contributed by atoms with Gasteiger partial charge in [-0.15, -0.1) is 0 Å². The predicted octanol–water partition coefficient (Wildman–Crippen LogP) is 4.93. The molecule has 5 rings (SSSR count). The number of likely N-dealkylation sites (N-methyl/N-ethyl adjacent to an activating group) is 1. The van der Waals surface area contributed by atoms with Crippen LogP contribution in [0.15, 0.2) is 70.2 Å². The lowest BCUT2D eigenvalue weighted by molar-refractivity contribution is 0.0978. The first-order chi connectivity index (χ1) is 18.4. The Bertz CT molecular complexity index is 1490. The molecular weight excluding hydrogens is 526 g/mol. The van der Waals surface area contributed by atoms with Gasteiger partial charge in [-0.2, -0.15) is 4.31 Å². The van der Waals surface area contributed by atoms with E-state index < -0.39 is 10.0 Å². The van der Waals surface area contributed by atoms with Crippen molar-refractivity contribution in [1.82, 2.24) is 9.29 Å². The number of thiazole rings is 1. The van der Waals surface area contributed by atoms with Gasteiger partial charge < -0.3 is 13.9 Å². The third-order valence-corrected chi connectivity index (χ3v) is 9.22. The summed E-state index contributed by atoms with van der Waals surface area (Å²) in [5.74, 6) is 0.923. The summed E-state index contributed by atoms with van der Waals surface area (Å²) in [5, 5.41) is 0.488. The van der Waals surface area contributed by atoms with Gasteiger partial charge in [-0.05, 0) is 68.3 Å². The van der Waals surface area contributed by atoms with Crippen LogP contribution in [0, 0.1) is 0 Å². The van der Waals surface area contributed by atoms with Gasteiger partial charge in [0.1, 0.15) is 17.0 Å². The van der Waals surface area contributed by atoms with E-state index in [1.54, 1.807) is 25.4 Å². The molecule has 1 amide bonds. The van der Waals surface area contributed by atoms with Crippen molar-refractivity contribution in [2.75, 3.05) is 31.7 Å². The van der Waals surface area contributed by atoms with E-state index in [9.17, 15) is 13.2 Å². The van der Waals surface area contributed by atoms with Crippen LogP contribution in [0.4, 0.5) is 5.13 Å². The highest BCUT2D eigenvalue weighted by Gasteiger charge is 2.28. The molecule has 9 nitrogen and oxygen atoms in total. The number of anilines is 1. The first kappa shape index (κ1) is 26.4. The van der Waals surface area contributed by atoms with Crippen LogP contribution >= 0.6 is 11.3 Å². The summed E-state index contributed by atoms with van der Waals surface area (Å²) < 4.78 is 45.2. The minimum atomic E-state index is -3.72. The number of aromatic nitrogens is 1. The molecule has 200 valence electrons. The fourth-order valence-corrected chi connectivity index (χ4v) is 6.55. The molecule has 4 aromatic rings. The lowest BCUT2D eigenvalue weighted by atomic mass is 10.2.